The Labute approximate surface area is 133 Å². The van der Waals surface area contributed by atoms with Gasteiger partial charge in [0.05, 0.1) is 11.1 Å². The zero-order valence-corrected chi connectivity index (χ0v) is 13.5. The topological polar surface area (TPSA) is 49.8 Å². The summed E-state index contributed by atoms with van der Waals surface area (Å²) in [6, 6.07) is 5.61. The lowest BCUT2D eigenvalue weighted by Crippen LogP contribution is -2.22. The minimum Gasteiger partial charge on any atom is -0.492 e. The van der Waals surface area contributed by atoms with Crippen LogP contribution in [0.4, 0.5) is 0 Å². The Balaban J connectivity index is 1.90. The smallest absolute Gasteiger partial charge is 0.328 e. The molecule has 0 radical (unpaired) electrons. The van der Waals surface area contributed by atoms with Crippen LogP contribution in [0.15, 0.2) is 28.7 Å². The minimum absolute atomic E-state index is 0.632. The number of para-hydroxylation sites is 1. The van der Waals surface area contributed by atoms with Crippen molar-refractivity contribution in [2.75, 3.05) is 26.2 Å². The Morgan fingerprint density at radius 3 is 2.86 bits per heavy atom. The Morgan fingerprint density at radius 2 is 2.14 bits per heavy atom. The van der Waals surface area contributed by atoms with Crippen LogP contribution in [0.3, 0.4) is 0 Å². The molecule has 0 spiro atoms. The van der Waals surface area contributed by atoms with Gasteiger partial charge in [-0.25, -0.2) is 4.79 Å². The molecule has 0 saturated carbocycles. The SMILES string of the molecule is O=C(O)C=Cc1cccc(Br)c1OCCCN1CCCC1. The van der Waals surface area contributed by atoms with Crippen LogP contribution in [0, 0.1) is 0 Å². The first-order chi connectivity index (χ1) is 10.2. The summed E-state index contributed by atoms with van der Waals surface area (Å²) in [4.78, 5) is 13.1. The van der Waals surface area contributed by atoms with Crippen LogP contribution >= 0.6 is 15.9 Å². The minimum atomic E-state index is -0.963. The zero-order chi connectivity index (χ0) is 15.1. The number of carboxylic acid groups (broad SMARTS) is 1. The van der Waals surface area contributed by atoms with Crippen LogP contribution in [0.25, 0.3) is 6.08 Å². The van der Waals surface area contributed by atoms with Gasteiger partial charge in [-0.2, -0.15) is 0 Å². The van der Waals surface area contributed by atoms with Crippen molar-refractivity contribution in [3.63, 3.8) is 0 Å². The second-order valence-corrected chi connectivity index (χ2v) is 5.93. The third-order valence-corrected chi connectivity index (χ3v) is 4.09. The molecule has 1 aliphatic rings. The summed E-state index contributed by atoms with van der Waals surface area (Å²) in [5, 5.41) is 8.73. The largest absolute Gasteiger partial charge is 0.492 e. The number of rotatable bonds is 7. The van der Waals surface area contributed by atoms with Crippen LogP contribution in [0.5, 0.6) is 5.75 Å². The number of benzene rings is 1. The maximum Gasteiger partial charge on any atom is 0.328 e. The summed E-state index contributed by atoms with van der Waals surface area (Å²) in [5.74, 6) is -0.258. The molecule has 0 atom stereocenters. The lowest BCUT2D eigenvalue weighted by molar-refractivity contribution is -0.131. The summed E-state index contributed by atoms with van der Waals surface area (Å²) in [6.07, 6.45) is 6.26. The highest BCUT2D eigenvalue weighted by molar-refractivity contribution is 9.10. The van der Waals surface area contributed by atoms with Crippen LogP contribution in [0.2, 0.25) is 0 Å². The fourth-order valence-corrected chi connectivity index (χ4v) is 2.93. The van der Waals surface area contributed by atoms with Gasteiger partial charge in [-0.1, -0.05) is 12.1 Å². The number of nitrogens with zero attached hydrogens (tertiary/aromatic N) is 1. The molecule has 0 aliphatic carbocycles. The molecule has 4 nitrogen and oxygen atoms in total. The first-order valence-electron chi connectivity index (χ1n) is 7.21. The predicted molar refractivity (Wildman–Crippen MR) is 86.6 cm³/mol. The third-order valence-electron chi connectivity index (χ3n) is 3.47. The van der Waals surface area contributed by atoms with Crippen molar-refractivity contribution in [3.05, 3.63) is 34.3 Å². The van der Waals surface area contributed by atoms with E-state index >= 15 is 0 Å². The molecule has 1 heterocycles. The van der Waals surface area contributed by atoms with Crippen molar-refractivity contribution in [2.45, 2.75) is 19.3 Å². The second kappa shape index (κ2) is 8.20. The Bertz CT molecular complexity index is 510. The lowest BCUT2D eigenvalue weighted by Gasteiger charge is -2.15. The van der Waals surface area contributed by atoms with Gasteiger partial charge in [0.15, 0.2) is 0 Å². The van der Waals surface area contributed by atoms with Crippen molar-refractivity contribution in [1.29, 1.82) is 0 Å². The summed E-state index contributed by atoms with van der Waals surface area (Å²) in [7, 11) is 0. The maximum absolute atomic E-state index is 10.6. The molecule has 5 heteroatoms. The van der Waals surface area contributed by atoms with Gasteiger partial charge >= 0.3 is 5.97 Å². The van der Waals surface area contributed by atoms with Gasteiger partial charge in [-0.05, 0) is 60.4 Å². The van der Waals surface area contributed by atoms with Crippen molar-refractivity contribution in [1.82, 2.24) is 4.90 Å². The molecule has 1 aromatic carbocycles. The molecular formula is C16H20BrNO3. The molecule has 0 amide bonds. The molecule has 0 aromatic heterocycles. The van der Waals surface area contributed by atoms with E-state index < -0.39 is 5.97 Å². The molecule has 1 fully saturated rings. The molecule has 21 heavy (non-hydrogen) atoms. The van der Waals surface area contributed by atoms with Gasteiger partial charge in [0.1, 0.15) is 5.75 Å². The van der Waals surface area contributed by atoms with E-state index in [9.17, 15) is 4.79 Å². The number of aliphatic carboxylic acids is 1. The van der Waals surface area contributed by atoms with Gasteiger partial charge in [0, 0.05) is 18.2 Å². The van der Waals surface area contributed by atoms with Crippen LogP contribution in [-0.2, 0) is 4.79 Å². The van der Waals surface area contributed by atoms with E-state index in [4.69, 9.17) is 9.84 Å². The molecule has 1 aromatic rings. The molecule has 0 bridgehead atoms. The normalized spacial score (nSPS) is 15.7. The van der Waals surface area contributed by atoms with E-state index in [1.165, 1.54) is 25.9 Å². The van der Waals surface area contributed by atoms with Crippen molar-refractivity contribution < 1.29 is 14.6 Å². The molecule has 1 saturated heterocycles. The average Bonchev–Trinajstić information content (AvgIpc) is 2.96. The highest BCUT2D eigenvalue weighted by Crippen LogP contribution is 2.30. The van der Waals surface area contributed by atoms with E-state index in [1.54, 1.807) is 6.08 Å². The summed E-state index contributed by atoms with van der Waals surface area (Å²) < 4.78 is 6.69. The molecule has 114 valence electrons. The average molecular weight is 354 g/mol. The number of halogens is 1. The third kappa shape index (κ3) is 5.17. The van der Waals surface area contributed by atoms with E-state index in [0.717, 1.165) is 29.1 Å². The second-order valence-electron chi connectivity index (χ2n) is 5.08. The van der Waals surface area contributed by atoms with E-state index in [0.29, 0.717) is 12.4 Å². The Morgan fingerprint density at radius 1 is 1.38 bits per heavy atom. The molecule has 1 aliphatic heterocycles. The first kappa shape index (κ1) is 16.0. The quantitative estimate of drug-likeness (QED) is 0.602. The van der Waals surface area contributed by atoms with E-state index in [2.05, 4.69) is 20.8 Å². The van der Waals surface area contributed by atoms with E-state index in [-0.39, 0.29) is 0 Å². The number of carboxylic acids is 1. The predicted octanol–water partition coefficient (Wildman–Crippen LogP) is 3.41. The standard InChI is InChI=1S/C16H20BrNO3/c17-14-6-3-5-13(7-8-15(19)20)16(14)21-12-4-11-18-9-1-2-10-18/h3,5-8H,1-2,4,9-12H2,(H,19,20). The number of hydrogen-bond acceptors (Lipinski definition) is 3. The Kier molecular flexibility index (Phi) is 6.26. The van der Waals surface area contributed by atoms with Crippen molar-refractivity contribution >= 4 is 28.0 Å². The van der Waals surface area contributed by atoms with Gasteiger partial charge < -0.3 is 14.7 Å². The van der Waals surface area contributed by atoms with Gasteiger partial charge in [0.2, 0.25) is 0 Å². The fourth-order valence-electron chi connectivity index (χ4n) is 2.44. The number of carbonyl (C=O) groups is 1. The molecule has 1 N–H and O–H groups in total. The zero-order valence-electron chi connectivity index (χ0n) is 11.9. The molecule has 0 unspecified atom stereocenters. The fraction of sp³-hybridized carbons (Fsp3) is 0.438. The lowest BCUT2D eigenvalue weighted by atomic mass is 10.2. The maximum atomic E-state index is 10.6. The van der Waals surface area contributed by atoms with Crippen molar-refractivity contribution in [2.24, 2.45) is 0 Å². The highest BCUT2D eigenvalue weighted by atomic mass is 79.9. The monoisotopic (exact) mass is 353 g/mol. The molecule has 2 rings (SSSR count). The highest BCUT2D eigenvalue weighted by Gasteiger charge is 2.11. The van der Waals surface area contributed by atoms with Crippen molar-refractivity contribution in [3.8, 4) is 5.75 Å². The number of likely N-dealkylation sites (tertiary alicyclic amines) is 1. The summed E-state index contributed by atoms with van der Waals surface area (Å²) >= 11 is 3.46. The van der Waals surface area contributed by atoms with Crippen LogP contribution in [0.1, 0.15) is 24.8 Å². The summed E-state index contributed by atoms with van der Waals surface area (Å²) in [6.45, 7) is 4.08. The summed E-state index contributed by atoms with van der Waals surface area (Å²) in [5.41, 5.74) is 0.771. The van der Waals surface area contributed by atoms with Gasteiger partial charge in [-0.3, -0.25) is 0 Å². The van der Waals surface area contributed by atoms with E-state index in [1.807, 2.05) is 18.2 Å². The molecular weight excluding hydrogens is 334 g/mol. The first-order valence-corrected chi connectivity index (χ1v) is 8.01. The van der Waals surface area contributed by atoms with Crippen LogP contribution < -0.4 is 4.74 Å². The van der Waals surface area contributed by atoms with Gasteiger partial charge in [-0.15, -0.1) is 0 Å². The van der Waals surface area contributed by atoms with Crippen LogP contribution in [-0.4, -0.2) is 42.2 Å². The number of ether oxygens (including phenoxy) is 1. The van der Waals surface area contributed by atoms with Gasteiger partial charge in [0.25, 0.3) is 0 Å². The number of hydrogen-bond donors (Lipinski definition) is 1. The Hall–Kier alpha value is -1.33.